The molecule has 0 saturated carbocycles. The summed E-state index contributed by atoms with van der Waals surface area (Å²) in [5.41, 5.74) is 1.89. The second-order valence-corrected chi connectivity index (χ2v) is 12.6. The van der Waals surface area contributed by atoms with Crippen molar-refractivity contribution in [3.8, 4) is 0 Å². The topological polar surface area (TPSA) is 134 Å². The van der Waals surface area contributed by atoms with Crippen LogP contribution in [-0.2, 0) is 30.3 Å². The van der Waals surface area contributed by atoms with E-state index in [4.69, 9.17) is 4.74 Å². The average Bonchev–Trinajstić information content (AvgIpc) is 2.83. The van der Waals surface area contributed by atoms with Crippen LogP contribution in [0.3, 0.4) is 0 Å². The number of aliphatic hydroxyl groups excluding tert-OH is 1. The molecule has 0 aliphatic carbocycles. The molecule has 0 fully saturated rings. The number of esters is 1. The maximum atomic E-state index is 13.5. The lowest BCUT2D eigenvalue weighted by Crippen LogP contribution is -2.57. The molecular weight excluding hydrogens is 526 g/mol. The molecule has 3 amide bonds. The first kappa shape index (κ1) is 30.0. The number of hydrogen-bond acceptors (Lipinski definition) is 8. The van der Waals surface area contributed by atoms with Crippen molar-refractivity contribution in [1.82, 2.24) is 16.0 Å². The first-order chi connectivity index (χ1) is 18.1. The summed E-state index contributed by atoms with van der Waals surface area (Å²) in [5, 5.41) is 19.1. The van der Waals surface area contributed by atoms with Crippen molar-refractivity contribution in [1.29, 1.82) is 0 Å². The number of benzene rings is 1. The molecule has 38 heavy (non-hydrogen) atoms. The zero-order valence-corrected chi connectivity index (χ0v) is 23.6. The van der Waals surface area contributed by atoms with Gasteiger partial charge in [0.1, 0.15) is 18.2 Å². The van der Waals surface area contributed by atoms with E-state index in [0.717, 1.165) is 11.1 Å². The van der Waals surface area contributed by atoms with E-state index >= 15 is 0 Å². The van der Waals surface area contributed by atoms with E-state index < -0.39 is 48.1 Å². The second-order valence-electron chi connectivity index (χ2n) is 10.1. The normalized spacial score (nSPS) is 29.1. The largest absolute Gasteiger partial charge is 0.457 e. The summed E-state index contributed by atoms with van der Waals surface area (Å²) in [6.07, 6.45) is 1.54. The molecule has 1 aromatic carbocycles. The third kappa shape index (κ3) is 9.67. The molecular formula is C27H37N3O6S2. The van der Waals surface area contributed by atoms with Crippen molar-refractivity contribution in [2.24, 2.45) is 5.92 Å². The van der Waals surface area contributed by atoms with Crippen molar-refractivity contribution in [3.05, 3.63) is 47.5 Å². The summed E-state index contributed by atoms with van der Waals surface area (Å²) >= 11 is 0. The summed E-state index contributed by atoms with van der Waals surface area (Å²) in [5.74, 6) is -1.11. The van der Waals surface area contributed by atoms with Gasteiger partial charge in [-0.25, -0.2) is 0 Å². The molecule has 0 radical (unpaired) electrons. The number of aliphatic hydroxyl groups is 1. The SMILES string of the molecule is Cc1cccc(C[C@@H]2NC(=O)C[C@H]3/C=C/CSSC[C@@H](NC2=O)C(=O)N[C@@H](C(C)C)C[C@@H](O)CC(=O)O3)c1. The van der Waals surface area contributed by atoms with Crippen LogP contribution in [0.1, 0.15) is 44.2 Å². The second kappa shape index (κ2) is 14.6. The third-order valence-corrected chi connectivity index (χ3v) is 8.65. The van der Waals surface area contributed by atoms with E-state index in [1.807, 2.05) is 51.1 Å². The van der Waals surface area contributed by atoms with Gasteiger partial charge in [-0.1, -0.05) is 71.3 Å². The molecule has 2 bridgehead atoms. The van der Waals surface area contributed by atoms with Crippen LogP contribution in [0.4, 0.5) is 0 Å². The van der Waals surface area contributed by atoms with Gasteiger partial charge in [0, 0.05) is 24.0 Å². The van der Waals surface area contributed by atoms with Crippen LogP contribution >= 0.6 is 21.6 Å². The molecule has 9 nitrogen and oxygen atoms in total. The number of carbonyl (C=O) groups excluding carboxylic acids is 4. The molecule has 0 aromatic heterocycles. The van der Waals surface area contributed by atoms with E-state index in [0.29, 0.717) is 11.5 Å². The molecule has 2 aliphatic rings. The lowest BCUT2D eigenvalue weighted by molar-refractivity contribution is -0.150. The van der Waals surface area contributed by atoms with Gasteiger partial charge in [-0.3, -0.25) is 19.2 Å². The molecule has 0 unspecified atom stereocenters. The summed E-state index contributed by atoms with van der Waals surface area (Å²) < 4.78 is 5.54. The highest BCUT2D eigenvalue weighted by atomic mass is 33.1. The maximum absolute atomic E-state index is 13.5. The highest BCUT2D eigenvalue weighted by Crippen LogP contribution is 2.23. The minimum Gasteiger partial charge on any atom is -0.457 e. The maximum Gasteiger partial charge on any atom is 0.309 e. The summed E-state index contributed by atoms with van der Waals surface area (Å²) in [7, 11) is 2.94. The van der Waals surface area contributed by atoms with Gasteiger partial charge in [-0.15, -0.1) is 0 Å². The number of fused-ring (bicyclic) bond motifs is 6. The van der Waals surface area contributed by atoms with Gasteiger partial charge in [0.15, 0.2) is 0 Å². The Labute approximate surface area is 231 Å². The van der Waals surface area contributed by atoms with Crippen molar-refractivity contribution in [3.63, 3.8) is 0 Å². The summed E-state index contributed by atoms with van der Waals surface area (Å²) in [6, 6.07) is 5.45. The average molecular weight is 564 g/mol. The molecule has 2 heterocycles. The quantitative estimate of drug-likeness (QED) is 0.250. The van der Waals surface area contributed by atoms with Gasteiger partial charge in [0.2, 0.25) is 17.7 Å². The molecule has 208 valence electrons. The van der Waals surface area contributed by atoms with Crippen LogP contribution < -0.4 is 16.0 Å². The predicted molar refractivity (Wildman–Crippen MR) is 149 cm³/mol. The Morgan fingerprint density at radius 2 is 1.84 bits per heavy atom. The van der Waals surface area contributed by atoms with Crippen LogP contribution in [0, 0.1) is 12.8 Å². The number of rotatable bonds is 3. The van der Waals surface area contributed by atoms with E-state index in [2.05, 4.69) is 16.0 Å². The first-order valence-corrected chi connectivity index (χ1v) is 15.3. The van der Waals surface area contributed by atoms with Crippen LogP contribution in [0.2, 0.25) is 0 Å². The van der Waals surface area contributed by atoms with Crippen molar-refractivity contribution in [2.45, 2.75) is 76.8 Å². The van der Waals surface area contributed by atoms with Gasteiger partial charge in [-0.2, -0.15) is 0 Å². The number of ether oxygens (including phenoxy) is 1. The third-order valence-electron chi connectivity index (χ3n) is 6.37. The number of carbonyl (C=O) groups is 4. The Balaban J connectivity index is 1.97. The lowest BCUT2D eigenvalue weighted by Gasteiger charge is -2.29. The van der Waals surface area contributed by atoms with Gasteiger partial charge in [0.05, 0.1) is 18.9 Å². The van der Waals surface area contributed by atoms with E-state index in [-0.39, 0.29) is 37.5 Å². The van der Waals surface area contributed by atoms with E-state index in [9.17, 15) is 24.3 Å². The zero-order chi connectivity index (χ0) is 27.7. The van der Waals surface area contributed by atoms with Crippen molar-refractivity contribution >= 4 is 45.3 Å². The van der Waals surface area contributed by atoms with Gasteiger partial charge >= 0.3 is 5.97 Å². The summed E-state index contributed by atoms with van der Waals surface area (Å²) in [4.78, 5) is 52.5. The fourth-order valence-electron chi connectivity index (χ4n) is 4.30. The van der Waals surface area contributed by atoms with Crippen molar-refractivity contribution < 1.29 is 29.0 Å². The minimum absolute atomic E-state index is 0.0233. The fraction of sp³-hybridized carbons (Fsp3) is 0.556. The van der Waals surface area contributed by atoms with Crippen LogP contribution in [0.5, 0.6) is 0 Å². The van der Waals surface area contributed by atoms with Crippen LogP contribution in [-0.4, -0.2) is 70.6 Å². The number of aryl methyl sites for hydroxylation is 1. The molecule has 2 aliphatic heterocycles. The number of amides is 3. The molecule has 11 heteroatoms. The van der Waals surface area contributed by atoms with Crippen LogP contribution in [0.25, 0.3) is 0 Å². The smallest absolute Gasteiger partial charge is 0.309 e. The molecule has 3 rings (SSSR count). The Morgan fingerprint density at radius 3 is 2.58 bits per heavy atom. The number of nitrogens with one attached hydrogen (secondary N) is 3. The monoisotopic (exact) mass is 563 g/mol. The summed E-state index contributed by atoms with van der Waals surface area (Å²) in [6.45, 7) is 5.78. The van der Waals surface area contributed by atoms with Gasteiger partial charge in [-0.05, 0) is 30.9 Å². The Kier molecular flexibility index (Phi) is 11.5. The first-order valence-electron chi connectivity index (χ1n) is 12.8. The van der Waals surface area contributed by atoms with Crippen LogP contribution in [0.15, 0.2) is 36.4 Å². The van der Waals surface area contributed by atoms with Gasteiger partial charge < -0.3 is 25.8 Å². The highest BCUT2D eigenvalue weighted by molar-refractivity contribution is 8.76. The van der Waals surface area contributed by atoms with E-state index in [1.54, 1.807) is 6.08 Å². The lowest BCUT2D eigenvalue weighted by atomic mass is 9.96. The predicted octanol–water partition coefficient (Wildman–Crippen LogP) is 2.06. The zero-order valence-electron chi connectivity index (χ0n) is 22.0. The Morgan fingerprint density at radius 1 is 1.05 bits per heavy atom. The van der Waals surface area contributed by atoms with Crippen molar-refractivity contribution in [2.75, 3.05) is 11.5 Å². The van der Waals surface area contributed by atoms with E-state index in [1.165, 1.54) is 21.6 Å². The molecule has 5 atom stereocenters. The number of hydrogen-bond donors (Lipinski definition) is 4. The Hall–Kier alpha value is -2.50. The highest BCUT2D eigenvalue weighted by Gasteiger charge is 2.31. The molecule has 4 N–H and O–H groups in total. The minimum atomic E-state index is -1.04. The standard InChI is InChI=1S/C27H37N3O6S2/c1-16(2)21-12-19(31)13-25(33)36-20-8-5-9-37-38-15-23(27(35)29-21)30-26(34)22(28-24(32)14-20)11-18-7-4-6-17(3)10-18/h4-8,10,16,19-23,31H,9,11-15H2,1-3H3,(H,28,32)(H,29,35)(H,30,34)/b8-5+/t19-,20-,21-,22+,23-/m1/s1. The molecule has 0 spiro atoms. The fourth-order valence-corrected chi connectivity index (χ4v) is 6.28. The molecule has 0 saturated heterocycles. The van der Waals surface area contributed by atoms with Gasteiger partial charge in [0.25, 0.3) is 0 Å². The molecule has 1 aromatic rings. The Bertz CT molecular complexity index is 1030.